The molecule has 2 atom stereocenters. The van der Waals surface area contributed by atoms with Gasteiger partial charge in [0.05, 0.1) is 28.2 Å². The summed E-state index contributed by atoms with van der Waals surface area (Å²) in [5.41, 5.74) is 0.0668. The molecule has 1 aliphatic heterocycles. The van der Waals surface area contributed by atoms with Crippen LogP contribution in [-0.2, 0) is 10.2 Å². The summed E-state index contributed by atoms with van der Waals surface area (Å²) in [6.07, 6.45) is 0. The van der Waals surface area contributed by atoms with Crippen LogP contribution in [0.1, 0.15) is 12.5 Å². The molecule has 1 aliphatic rings. The van der Waals surface area contributed by atoms with Crippen molar-refractivity contribution in [3.05, 3.63) is 46.5 Å². The lowest BCUT2D eigenvalue weighted by atomic mass is 9.66. The number of nitrogens with one attached hydrogen (secondary N) is 1. The number of nitriles is 2. The van der Waals surface area contributed by atoms with Gasteiger partial charge >= 0.3 is 0 Å². The summed E-state index contributed by atoms with van der Waals surface area (Å²) in [6.45, 7) is 1.73. The number of hydrogen-bond donors (Lipinski definition) is 2. The van der Waals surface area contributed by atoms with E-state index in [4.69, 9.17) is 0 Å². The molecule has 0 radical (unpaired) electrons. The highest BCUT2D eigenvalue weighted by molar-refractivity contribution is 7.84. The SMILES string of the molecule is C[C@@]1(c2ccccc2)C(C#N)=C(S)NC(=O)[C@@H]1C#N. The van der Waals surface area contributed by atoms with Crippen LogP contribution in [0.5, 0.6) is 0 Å². The monoisotopic (exact) mass is 269 g/mol. The molecule has 1 aromatic rings. The molecular formula is C14H11N3OS. The molecule has 1 heterocycles. The number of amides is 1. The molecule has 0 unspecified atom stereocenters. The molecule has 0 fully saturated rings. The van der Waals surface area contributed by atoms with Gasteiger partial charge in [0, 0.05) is 0 Å². The fraction of sp³-hybridized carbons (Fsp3) is 0.214. The third kappa shape index (κ3) is 1.89. The van der Waals surface area contributed by atoms with Crippen LogP contribution in [0.25, 0.3) is 0 Å². The van der Waals surface area contributed by atoms with Crippen molar-refractivity contribution in [3.63, 3.8) is 0 Å². The van der Waals surface area contributed by atoms with Crippen LogP contribution < -0.4 is 5.32 Å². The minimum Gasteiger partial charge on any atom is -0.319 e. The molecule has 0 saturated heterocycles. The summed E-state index contributed by atoms with van der Waals surface area (Å²) in [6, 6.07) is 13.1. The Balaban J connectivity index is 2.74. The molecular weight excluding hydrogens is 258 g/mol. The van der Waals surface area contributed by atoms with Crippen LogP contribution in [0.3, 0.4) is 0 Å². The van der Waals surface area contributed by atoms with Gasteiger partial charge in [-0.05, 0) is 12.5 Å². The van der Waals surface area contributed by atoms with Crippen molar-refractivity contribution < 1.29 is 4.79 Å². The van der Waals surface area contributed by atoms with Crippen LogP contribution in [0.2, 0.25) is 0 Å². The molecule has 1 N–H and O–H groups in total. The molecule has 4 nitrogen and oxygen atoms in total. The first-order chi connectivity index (χ1) is 9.05. The predicted octanol–water partition coefficient (Wildman–Crippen LogP) is 1.88. The van der Waals surface area contributed by atoms with Crippen molar-refractivity contribution in [2.75, 3.05) is 0 Å². The van der Waals surface area contributed by atoms with E-state index in [1.807, 2.05) is 24.3 Å². The summed E-state index contributed by atoms with van der Waals surface area (Å²) in [4.78, 5) is 12.0. The molecule has 0 aliphatic carbocycles. The molecule has 94 valence electrons. The van der Waals surface area contributed by atoms with E-state index < -0.39 is 17.2 Å². The van der Waals surface area contributed by atoms with E-state index in [0.717, 1.165) is 5.56 Å². The quantitative estimate of drug-likeness (QED) is 0.764. The van der Waals surface area contributed by atoms with Gasteiger partial charge in [0.1, 0.15) is 5.92 Å². The van der Waals surface area contributed by atoms with Gasteiger partial charge in [-0.2, -0.15) is 10.5 Å². The predicted molar refractivity (Wildman–Crippen MR) is 72.7 cm³/mol. The van der Waals surface area contributed by atoms with Crippen LogP contribution >= 0.6 is 12.6 Å². The molecule has 0 bridgehead atoms. The van der Waals surface area contributed by atoms with Crippen molar-refractivity contribution in [2.45, 2.75) is 12.3 Å². The second-order valence-corrected chi connectivity index (χ2v) is 4.90. The van der Waals surface area contributed by atoms with Gasteiger partial charge in [0.25, 0.3) is 0 Å². The summed E-state index contributed by atoms with van der Waals surface area (Å²) in [7, 11) is 0. The van der Waals surface area contributed by atoms with Crippen LogP contribution in [0.4, 0.5) is 0 Å². The van der Waals surface area contributed by atoms with Crippen LogP contribution in [0.15, 0.2) is 40.9 Å². The Morgan fingerprint density at radius 3 is 2.47 bits per heavy atom. The van der Waals surface area contributed by atoms with E-state index in [2.05, 4.69) is 24.0 Å². The second kappa shape index (κ2) is 4.79. The van der Waals surface area contributed by atoms with E-state index in [1.54, 1.807) is 19.1 Å². The van der Waals surface area contributed by atoms with E-state index in [0.29, 0.717) is 5.57 Å². The van der Waals surface area contributed by atoms with Crippen molar-refractivity contribution in [1.82, 2.24) is 5.32 Å². The second-order valence-electron chi connectivity index (χ2n) is 4.46. The topological polar surface area (TPSA) is 76.7 Å². The number of rotatable bonds is 1. The Labute approximate surface area is 116 Å². The highest BCUT2D eigenvalue weighted by Gasteiger charge is 2.48. The number of nitrogens with zero attached hydrogens (tertiary/aromatic N) is 2. The molecule has 5 heteroatoms. The number of hydrogen-bond acceptors (Lipinski definition) is 4. The van der Waals surface area contributed by atoms with Gasteiger partial charge in [-0.1, -0.05) is 30.3 Å². The molecule has 0 saturated carbocycles. The number of benzene rings is 1. The number of allylic oxidation sites excluding steroid dienone is 1. The van der Waals surface area contributed by atoms with Gasteiger partial charge in [-0.25, -0.2) is 0 Å². The average molecular weight is 269 g/mol. The summed E-state index contributed by atoms with van der Waals surface area (Å²) < 4.78 is 0. The zero-order valence-corrected chi connectivity index (χ0v) is 11.1. The third-order valence-electron chi connectivity index (χ3n) is 3.45. The third-order valence-corrected chi connectivity index (χ3v) is 3.79. The van der Waals surface area contributed by atoms with Gasteiger partial charge in [0.2, 0.25) is 5.91 Å². The van der Waals surface area contributed by atoms with Gasteiger partial charge < -0.3 is 5.32 Å². The lowest BCUT2D eigenvalue weighted by molar-refractivity contribution is -0.124. The van der Waals surface area contributed by atoms with E-state index in [1.165, 1.54) is 0 Å². The van der Waals surface area contributed by atoms with E-state index in [-0.39, 0.29) is 5.03 Å². The smallest absolute Gasteiger partial charge is 0.243 e. The fourth-order valence-electron chi connectivity index (χ4n) is 2.36. The van der Waals surface area contributed by atoms with Gasteiger partial charge in [-0.15, -0.1) is 12.6 Å². The number of thiol groups is 1. The standard InChI is InChI=1S/C14H11N3OS/c1-14(9-5-3-2-4-6-9)10(7-15)12(18)17-13(19)11(14)8-16/h2-6,10,19H,1H3,(H,17,18)/t10-,14-/m0/s1. The summed E-state index contributed by atoms with van der Waals surface area (Å²) in [5.74, 6) is -1.39. The highest BCUT2D eigenvalue weighted by Crippen LogP contribution is 2.43. The summed E-state index contributed by atoms with van der Waals surface area (Å²) >= 11 is 4.15. The Hall–Kier alpha value is -2.24. The Kier molecular flexibility index (Phi) is 3.33. The zero-order valence-electron chi connectivity index (χ0n) is 10.2. The van der Waals surface area contributed by atoms with Gasteiger partial charge in [-0.3, -0.25) is 4.79 Å². The minimum atomic E-state index is -0.982. The first-order valence-corrected chi connectivity index (χ1v) is 6.10. The largest absolute Gasteiger partial charge is 0.319 e. The normalized spacial score (nSPS) is 26.3. The van der Waals surface area contributed by atoms with Crippen molar-refractivity contribution in [2.24, 2.45) is 5.92 Å². The molecule has 1 aromatic carbocycles. The first kappa shape index (κ1) is 13.2. The van der Waals surface area contributed by atoms with E-state index >= 15 is 0 Å². The number of carbonyl (C=O) groups is 1. The van der Waals surface area contributed by atoms with Crippen molar-refractivity contribution >= 4 is 18.5 Å². The first-order valence-electron chi connectivity index (χ1n) is 5.65. The minimum absolute atomic E-state index is 0.213. The maximum atomic E-state index is 12.0. The number of carbonyl (C=O) groups excluding carboxylic acids is 1. The Morgan fingerprint density at radius 2 is 1.95 bits per heavy atom. The fourth-order valence-corrected chi connectivity index (χ4v) is 2.75. The Bertz CT molecular complexity index is 639. The summed E-state index contributed by atoms with van der Waals surface area (Å²) in [5, 5.41) is 21.3. The van der Waals surface area contributed by atoms with Crippen LogP contribution in [0, 0.1) is 28.6 Å². The van der Waals surface area contributed by atoms with Crippen molar-refractivity contribution in [1.29, 1.82) is 10.5 Å². The van der Waals surface area contributed by atoms with E-state index in [9.17, 15) is 15.3 Å². The lowest BCUT2D eigenvalue weighted by Crippen LogP contribution is -2.48. The average Bonchev–Trinajstić information content (AvgIpc) is 2.40. The molecule has 0 aromatic heterocycles. The van der Waals surface area contributed by atoms with Crippen molar-refractivity contribution in [3.8, 4) is 12.1 Å². The maximum absolute atomic E-state index is 12.0. The molecule has 1 amide bonds. The Morgan fingerprint density at radius 1 is 1.32 bits per heavy atom. The maximum Gasteiger partial charge on any atom is 0.243 e. The van der Waals surface area contributed by atoms with Crippen LogP contribution in [-0.4, -0.2) is 5.91 Å². The highest BCUT2D eigenvalue weighted by atomic mass is 32.1. The zero-order chi connectivity index (χ0) is 14.0. The molecule has 0 spiro atoms. The molecule has 2 rings (SSSR count). The molecule has 19 heavy (non-hydrogen) atoms. The van der Waals surface area contributed by atoms with Gasteiger partial charge in [0.15, 0.2) is 0 Å². The lowest BCUT2D eigenvalue weighted by Gasteiger charge is -2.37.